The van der Waals surface area contributed by atoms with Gasteiger partial charge in [-0.2, -0.15) is 5.26 Å². The van der Waals surface area contributed by atoms with E-state index in [-0.39, 0.29) is 18.9 Å². The van der Waals surface area contributed by atoms with Gasteiger partial charge in [0.25, 0.3) is 5.91 Å². The number of hydrogen-bond acceptors (Lipinski definition) is 5. The number of nitriles is 1. The third kappa shape index (κ3) is 5.58. The molecule has 0 atom stereocenters. The minimum absolute atomic E-state index is 0.184. The molecule has 1 amide bonds. The lowest BCUT2D eigenvalue weighted by Crippen LogP contribution is -2.21. The molecule has 2 aromatic rings. The van der Waals surface area contributed by atoms with E-state index in [1.807, 2.05) is 36.4 Å². The first kappa shape index (κ1) is 19.4. The fourth-order valence-electron chi connectivity index (χ4n) is 3.14. The van der Waals surface area contributed by atoms with Gasteiger partial charge in [-0.05, 0) is 61.2 Å². The first-order valence-electron chi connectivity index (χ1n) is 9.43. The zero-order chi connectivity index (χ0) is 19.8. The third-order valence-corrected chi connectivity index (χ3v) is 4.69. The van der Waals surface area contributed by atoms with Crippen molar-refractivity contribution < 1.29 is 14.3 Å². The van der Waals surface area contributed by atoms with Gasteiger partial charge in [0, 0.05) is 30.9 Å². The second-order valence-electron chi connectivity index (χ2n) is 6.76. The Morgan fingerprint density at radius 1 is 1.04 bits per heavy atom. The van der Waals surface area contributed by atoms with Crippen LogP contribution < -0.4 is 10.2 Å². The first-order chi connectivity index (χ1) is 13.6. The minimum Gasteiger partial charge on any atom is -0.456 e. The van der Waals surface area contributed by atoms with Crippen LogP contribution in [0.25, 0.3) is 0 Å². The lowest BCUT2D eigenvalue weighted by molar-refractivity contribution is -0.147. The molecule has 0 aliphatic carbocycles. The second kappa shape index (κ2) is 9.56. The maximum atomic E-state index is 12.0. The summed E-state index contributed by atoms with van der Waals surface area (Å²) in [6, 6.07) is 16.8. The van der Waals surface area contributed by atoms with Crippen molar-refractivity contribution in [3.8, 4) is 6.07 Å². The van der Waals surface area contributed by atoms with E-state index in [1.54, 1.807) is 12.1 Å². The Bertz CT molecular complexity index is 848. The number of esters is 1. The molecule has 1 fully saturated rings. The van der Waals surface area contributed by atoms with Crippen LogP contribution in [0.5, 0.6) is 0 Å². The van der Waals surface area contributed by atoms with Gasteiger partial charge in [-0.15, -0.1) is 0 Å². The smallest absolute Gasteiger partial charge is 0.306 e. The number of aryl methyl sites for hydroxylation is 1. The number of benzene rings is 2. The van der Waals surface area contributed by atoms with Gasteiger partial charge < -0.3 is 15.0 Å². The van der Waals surface area contributed by atoms with Crippen molar-refractivity contribution in [2.75, 3.05) is 29.9 Å². The molecule has 0 saturated carbocycles. The average molecular weight is 377 g/mol. The fraction of sp³-hybridized carbons (Fsp3) is 0.318. The van der Waals surface area contributed by atoms with E-state index >= 15 is 0 Å². The number of carbonyl (C=O) groups excluding carboxylic acids is 2. The molecule has 0 radical (unpaired) electrons. The number of nitrogens with one attached hydrogen (secondary N) is 1. The van der Waals surface area contributed by atoms with E-state index in [0.717, 1.165) is 24.3 Å². The standard InChI is InChI=1S/C22H23N3O3/c23-15-18-5-3-17(4-6-18)7-12-22(27)28-16-21(26)24-19-8-10-20(11-9-19)25-13-1-2-14-25/h3-6,8-11H,1-2,7,12-14,16H2,(H,24,26). The van der Waals surface area contributed by atoms with Crippen LogP contribution in [0, 0.1) is 11.3 Å². The Balaban J connectivity index is 1.38. The predicted octanol–water partition coefficient (Wildman–Crippen LogP) is 3.27. The monoisotopic (exact) mass is 377 g/mol. The van der Waals surface area contributed by atoms with Gasteiger partial charge in [-0.3, -0.25) is 9.59 Å². The number of rotatable bonds is 7. The number of nitrogens with zero attached hydrogens (tertiary/aromatic N) is 2. The van der Waals surface area contributed by atoms with E-state index in [2.05, 4.69) is 16.3 Å². The normalized spacial score (nSPS) is 13.0. The number of anilines is 2. The molecule has 1 N–H and O–H groups in total. The molecular weight excluding hydrogens is 354 g/mol. The largest absolute Gasteiger partial charge is 0.456 e. The third-order valence-electron chi connectivity index (χ3n) is 4.69. The Labute approximate surface area is 164 Å². The fourth-order valence-corrected chi connectivity index (χ4v) is 3.14. The molecule has 1 heterocycles. The lowest BCUT2D eigenvalue weighted by atomic mass is 10.1. The highest BCUT2D eigenvalue weighted by atomic mass is 16.5. The number of carbonyl (C=O) groups is 2. The predicted molar refractivity (Wildman–Crippen MR) is 107 cm³/mol. The van der Waals surface area contributed by atoms with E-state index in [4.69, 9.17) is 10.00 Å². The highest BCUT2D eigenvalue weighted by Crippen LogP contribution is 2.22. The highest BCUT2D eigenvalue weighted by Gasteiger charge is 2.12. The van der Waals surface area contributed by atoms with Crippen molar-refractivity contribution in [3.05, 3.63) is 59.7 Å². The number of hydrogen-bond donors (Lipinski definition) is 1. The Morgan fingerprint density at radius 2 is 1.71 bits per heavy atom. The summed E-state index contributed by atoms with van der Waals surface area (Å²) in [6.07, 6.45) is 3.12. The summed E-state index contributed by atoms with van der Waals surface area (Å²) in [4.78, 5) is 26.1. The zero-order valence-electron chi connectivity index (χ0n) is 15.7. The van der Waals surface area contributed by atoms with Crippen LogP contribution in [0.3, 0.4) is 0 Å². The Kier molecular flexibility index (Phi) is 6.64. The van der Waals surface area contributed by atoms with Gasteiger partial charge in [0.05, 0.1) is 11.6 Å². The van der Waals surface area contributed by atoms with E-state index in [9.17, 15) is 9.59 Å². The summed E-state index contributed by atoms with van der Waals surface area (Å²) in [5.74, 6) is -0.787. The highest BCUT2D eigenvalue weighted by molar-refractivity contribution is 5.92. The lowest BCUT2D eigenvalue weighted by Gasteiger charge is -2.17. The zero-order valence-corrected chi connectivity index (χ0v) is 15.7. The van der Waals surface area contributed by atoms with Crippen LogP contribution >= 0.6 is 0 Å². The molecule has 0 unspecified atom stereocenters. The summed E-state index contributed by atoms with van der Waals surface area (Å²) in [7, 11) is 0. The van der Waals surface area contributed by atoms with E-state index < -0.39 is 5.97 Å². The summed E-state index contributed by atoms with van der Waals surface area (Å²) in [5.41, 5.74) is 3.36. The molecule has 6 nitrogen and oxygen atoms in total. The average Bonchev–Trinajstić information content (AvgIpc) is 3.26. The maximum Gasteiger partial charge on any atom is 0.306 e. The SMILES string of the molecule is N#Cc1ccc(CCC(=O)OCC(=O)Nc2ccc(N3CCCC3)cc2)cc1. The van der Waals surface area contributed by atoms with E-state index in [0.29, 0.717) is 17.7 Å². The molecule has 28 heavy (non-hydrogen) atoms. The molecule has 144 valence electrons. The molecular formula is C22H23N3O3. The molecule has 0 bridgehead atoms. The molecule has 6 heteroatoms. The topological polar surface area (TPSA) is 82.4 Å². The molecule has 1 saturated heterocycles. The van der Waals surface area contributed by atoms with Crippen molar-refractivity contribution in [1.29, 1.82) is 5.26 Å². The van der Waals surface area contributed by atoms with Crippen LogP contribution in [0.2, 0.25) is 0 Å². The Hall–Kier alpha value is -3.33. The van der Waals surface area contributed by atoms with Crippen molar-refractivity contribution in [2.45, 2.75) is 25.7 Å². The van der Waals surface area contributed by atoms with Crippen molar-refractivity contribution in [2.24, 2.45) is 0 Å². The second-order valence-corrected chi connectivity index (χ2v) is 6.76. The van der Waals surface area contributed by atoms with Crippen LogP contribution in [0.15, 0.2) is 48.5 Å². The maximum absolute atomic E-state index is 12.0. The van der Waals surface area contributed by atoms with Crippen molar-refractivity contribution in [3.63, 3.8) is 0 Å². The first-order valence-corrected chi connectivity index (χ1v) is 9.43. The summed E-state index contributed by atoms with van der Waals surface area (Å²) in [6.45, 7) is 1.84. The number of amides is 1. The van der Waals surface area contributed by atoms with Crippen molar-refractivity contribution in [1.82, 2.24) is 0 Å². The van der Waals surface area contributed by atoms with Gasteiger partial charge in [-0.1, -0.05) is 12.1 Å². The molecule has 0 spiro atoms. The van der Waals surface area contributed by atoms with Crippen molar-refractivity contribution >= 4 is 23.3 Å². The number of ether oxygens (including phenoxy) is 1. The van der Waals surface area contributed by atoms with Gasteiger partial charge in [0.15, 0.2) is 6.61 Å². The van der Waals surface area contributed by atoms with Gasteiger partial charge in [-0.25, -0.2) is 0 Å². The van der Waals surface area contributed by atoms with Crippen LogP contribution in [0.4, 0.5) is 11.4 Å². The van der Waals surface area contributed by atoms with Gasteiger partial charge in [0.2, 0.25) is 0 Å². The summed E-state index contributed by atoms with van der Waals surface area (Å²) < 4.78 is 5.04. The van der Waals surface area contributed by atoms with Crippen LogP contribution in [-0.2, 0) is 20.7 Å². The van der Waals surface area contributed by atoms with E-state index in [1.165, 1.54) is 12.8 Å². The van der Waals surface area contributed by atoms with Gasteiger partial charge >= 0.3 is 5.97 Å². The molecule has 1 aliphatic rings. The molecule has 2 aromatic carbocycles. The molecule has 0 aromatic heterocycles. The summed E-state index contributed by atoms with van der Waals surface area (Å²) >= 11 is 0. The molecule has 3 rings (SSSR count). The summed E-state index contributed by atoms with van der Waals surface area (Å²) in [5, 5.41) is 11.5. The van der Waals surface area contributed by atoms with Crippen LogP contribution in [-0.4, -0.2) is 31.6 Å². The Morgan fingerprint density at radius 3 is 2.36 bits per heavy atom. The molecule has 1 aliphatic heterocycles. The van der Waals surface area contributed by atoms with Crippen LogP contribution in [0.1, 0.15) is 30.4 Å². The minimum atomic E-state index is -0.427. The van der Waals surface area contributed by atoms with Gasteiger partial charge in [0.1, 0.15) is 0 Å². The quantitative estimate of drug-likeness (QED) is 0.749.